The van der Waals surface area contributed by atoms with Gasteiger partial charge in [-0.2, -0.15) is 5.26 Å². The van der Waals surface area contributed by atoms with Crippen molar-refractivity contribution in [2.24, 2.45) is 11.8 Å². The average Bonchev–Trinajstić information content (AvgIpc) is 3.26. The Bertz CT molecular complexity index is 1200. The largest absolute Gasteiger partial charge is 0.359 e. The predicted molar refractivity (Wildman–Crippen MR) is 114 cm³/mol. The molecule has 0 radical (unpaired) electrons. The number of hydrogen-bond donors (Lipinski definition) is 0. The molecule has 2 amide bonds. The van der Waals surface area contributed by atoms with Gasteiger partial charge in [-0.3, -0.25) is 14.4 Å². The zero-order valence-electron chi connectivity index (χ0n) is 16.2. The lowest BCUT2D eigenvalue weighted by Crippen LogP contribution is -2.46. The second-order valence-corrected chi connectivity index (χ2v) is 8.14. The van der Waals surface area contributed by atoms with E-state index in [0.717, 1.165) is 4.90 Å². The quantitative estimate of drug-likeness (QED) is 0.552. The second-order valence-electron chi connectivity index (χ2n) is 7.70. The van der Waals surface area contributed by atoms with Crippen LogP contribution in [0.2, 0.25) is 5.02 Å². The first-order chi connectivity index (χ1) is 15.0. The number of carbonyl (C=O) groups is 3. The zero-order valence-corrected chi connectivity index (χ0v) is 16.9. The van der Waals surface area contributed by atoms with Gasteiger partial charge in [-0.25, -0.2) is 4.90 Å². The van der Waals surface area contributed by atoms with E-state index >= 15 is 0 Å². The van der Waals surface area contributed by atoms with Gasteiger partial charge < -0.3 is 4.90 Å². The first kappa shape index (κ1) is 19.3. The van der Waals surface area contributed by atoms with Crippen molar-refractivity contribution in [2.45, 2.75) is 12.1 Å². The summed E-state index contributed by atoms with van der Waals surface area (Å²) in [7, 11) is 0. The SMILES string of the molecule is N#CC1=CC2C3C(=O)N(c4ccc(Cl)cc4)C(=O)C3C(C(=O)c3ccccc3)N2C=C1. The fourth-order valence-corrected chi connectivity index (χ4v) is 4.86. The molecule has 0 spiro atoms. The first-order valence-corrected chi connectivity index (χ1v) is 10.2. The minimum atomic E-state index is -0.847. The van der Waals surface area contributed by atoms with Gasteiger partial charge in [0, 0.05) is 16.8 Å². The van der Waals surface area contributed by atoms with Gasteiger partial charge in [-0.15, -0.1) is 0 Å². The summed E-state index contributed by atoms with van der Waals surface area (Å²) in [6.07, 6.45) is 4.93. The predicted octanol–water partition coefficient (Wildman–Crippen LogP) is 3.36. The minimum absolute atomic E-state index is 0.226. The Morgan fingerprint density at radius 1 is 0.968 bits per heavy atom. The number of ketones is 1. The molecule has 7 heteroatoms. The number of halogens is 1. The van der Waals surface area contributed by atoms with Crippen molar-refractivity contribution in [1.82, 2.24) is 4.90 Å². The summed E-state index contributed by atoms with van der Waals surface area (Å²) in [5, 5.41) is 9.84. The number of fused-ring (bicyclic) bond motifs is 3. The van der Waals surface area contributed by atoms with Gasteiger partial charge in [0.15, 0.2) is 5.78 Å². The molecule has 4 atom stereocenters. The van der Waals surface area contributed by atoms with E-state index in [4.69, 9.17) is 11.6 Å². The van der Waals surface area contributed by atoms with E-state index in [1.54, 1.807) is 71.8 Å². The van der Waals surface area contributed by atoms with Gasteiger partial charge in [0.2, 0.25) is 11.8 Å². The molecule has 6 nitrogen and oxygen atoms in total. The van der Waals surface area contributed by atoms with Crippen LogP contribution >= 0.6 is 11.6 Å². The molecule has 2 saturated heterocycles. The summed E-state index contributed by atoms with van der Waals surface area (Å²) in [5.41, 5.74) is 1.29. The van der Waals surface area contributed by atoms with Crippen LogP contribution in [0.15, 0.2) is 78.5 Å². The molecule has 0 aromatic heterocycles. The number of imide groups is 1. The number of nitrogens with zero attached hydrogens (tertiary/aromatic N) is 3. The van der Waals surface area contributed by atoms with E-state index in [1.807, 2.05) is 6.07 Å². The maximum absolute atomic E-state index is 13.5. The molecule has 0 N–H and O–H groups in total. The van der Waals surface area contributed by atoms with E-state index in [2.05, 4.69) is 6.07 Å². The first-order valence-electron chi connectivity index (χ1n) is 9.81. The highest BCUT2D eigenvalue weighted by Gasteiger charge is 2.63. The topological polar surface area (TPSA) is 81.5 Å². The smallest absolute Gasteiger partial charge is 0.240 e. The molecule has 0 saturated carbocycles. The average molecular weight is 430 g/mol. The molecule has 3 heterocycles. The molecule has 5 rings (SSSR count). The number of allylic oxidation sites excluding steroid dienone is 2. The Morgan fingerprint density at radius 3 is 2.32 bits per heavy atom. The summed E-state index contributed by atoms with van der Waals surface area (Å²) in [6, 6.07) is 15.9. The van der Waals surface area contributed by atoms with Gasteiger partial charge in [0.25, 0.3) is 0 Å². The molecule has 3 aliphatic heterocycles. The highest BCUT2D eigenvalue weighted by molar-refractivity contribution is 6.31. The molecule has 31 heavy (non-hydrogen) atoms. The summed E-state index contributed by atoms with van der Waals surface area (Å²) in [6.45, 7) is 0. The monoisotopic (exact) mass is 429 g/mol. The number of carbonyl (C=O) groups excluding carboxylic acids is 3. The van der Waals surface area contributed by atoms with Crippen LogP contribution in [0.3, 0.4) is 0 Å². The molecule has 152 valence electrons. The van der Waals surface area contributed by atoms with Crippen LogP contribution in [0.5, 0.6) is 0 Å². The van der Waals surface area contributed by atoms with Crippen molar-refractivity contribution in [3.8, 4) is 6.07 Å². The molecule has 0 aliphatic carbocycles. The van der Waals surface area contributed by atoms with Gasteiger partial charge in [0.05, 0.1) is 35.2 Å². The molecule has 0 bridgehead atoms. The standard InChI is InChI=1S/C24H16ClN3O3/c25-16-6-8-17(9-7-16)28-23(30)19-18-12-14(13-26)10-11-27(18)21(20(19)24(28)31)22(29)15-4-2-1-3-5-15/h1-12,18-21H. The highest BCUT2D eigenvalue weighted by atomic mass is 35.5. The second kappa shape index (κ2) is 7.22. The third-order valence-corrected chi connectivity index (χ3v) is 6.34. The zero-order chi connectivity index (χ0) is 21.7. The van der Waals surface area contributed by atoms with Crippen LogP contribution in [0.1, 0.15) is 10.4 Å². The van der Waals surface area contributed by atoms with Gasteiger partial charge in [-0.1, -0.05) is 41.9 Å². The Balaban J connectivity index is 1.61. The molecule has 3 aliphatic rings. The van der Waals surface area contributed by atoms with Crippen LogP contribution in [-0.2, 0) is 9.59 Å². The number of hydrogen-bond acceptors (Lipinski definition) is 5. The third kappa shape index (κ3) is 2.89. The van der Waals surface area contributed by atoms with Crippen molar-refractivity contribution in [3.63, 3.8) is 0 Å². The van der Waals surface area contributed by atoms with E-state index < -0.39 is 29.8 Å². The van der Waals surface area contributed by atoms with Crippen LogP contribution in [-0.4, -0.2) is 34.6 Å². The van der Waals surface area contributed by atoms with Gasteiger partial charge >= 0.3 is 0 Å². The molecule has 2 aromatic rings. The van der Waals surface area contributed by atoms with Crippen molar-refractivity contribution < 1.29 is 14.4 Å². The van der Waals surface area contributed by atoms with Crippen molar-refractivity contribution in [3.05, 3.63) is 89.1 Å². The number of amides is 2. The lowest BCUT2D eigenvalue weighted by molar-refractivity contribution is -0.123. The maximum atomic E-state index is 13.5. The Labute approximate surface area is 183 Å². The van der Waals surface area contributed by atoms with Gasteiger partial charge in [0.1, 0.15) is 6.04 Å². The lowest BCUT2D eigenvalue weighted by atomic mass is 9.86. The van der Waals surface area contributed by atoms with Crippen molar-refractivity contribution >= 4 is 34.9 Å². The summed E-state index contributed by atoms with van der Waals surface area (Å²) < 4.78 is 0. The Morgan fingerprint density at radius 2 is 1.65 bits per heavy atom. The summed E-state index contributed by atoms with van der Waals surface area (Å²) >= 11 is 5.96. The minimum Gasteiger partial charge on any atom is -0.359 e. The van der Waals surface area contributed by atoms with Crippen molar-refractivity contribution in [2.75, 3.05) is 4.90 Å². The Hall–Kier alpha value is -3.69. The number of benzene rings is 2. The molecule has 4 unspecified atom stereocenters. The van der Waals surface area contributed by atoms with Crippen LogP contribution in [0.25, 0.3) is 0 Å². The van der Waals surface area contributed by atoms with Crippen LogP contribution < -0.4 is 4.90 Å². The summed E-state index contributed by atoms with van der Waals surface area (Å²) in [4.78, 5) is 43.3. The molecule has 2 aromatic carbocycles. The van der Waals surface area contributed by atoms with Crippen molar-refractivity contribution in [1.29, 1.82) is 5.26 Å². The molecular formula is C24H16ClN3O3. The lowest BCUT2D eigenvalue weighted by Gasteiger charge is -2.32. The fourth-order valence-electron chi connectivity index (χ4n) is 4.74. The summed E-state index contributed by atoms with van der Waals surface area (Å²) in [5.74, 6) is -2.62. The number of nitriles is 1. The normalized spacial score (nSPS) is 26.4. The van der Waals surface area contributed by atoms with Gasteiger partial charge in [-0.05, 0) is 36.4 Å². The molecule has 2 fully saturated rings. The van der Waals surface area contributed by atoms with E-state index in [0.29, 0.717) is 21.8 Å². The van der Waals surface area contributed by atoms with E-state index in [1.165, 1.54) is 0 Å². The van der Waals surface area contributed by atoms with E-state index in [9.17, 15) is 19.6 Å². The number of rotatable bonds is 3. The number of Topliss-reactive ketones (excluding diaryl/α,β-unsaturated/α-hetero) is 1. The van der Waals surface area contributed by atoms with Crippen LogP contribution in [0.4, 0.5) is 5.69 Å². The maximum Gasteiger partial charge on any atom is 0.240 e. The number of anilines is 1. The molecular weight excluding hydrogens is 414 g/mol. The van der Waals surface area contributed by atoms with E-state index in [-0.39, 0.29) is 11.7 Å². The van der Waals surface area contributed by atoms with Crippen LogP contribution in [0, 0.1) is 23.2 Å². The fraction of sp³-hybridized carbons (Fsp3) is 0.167. The third-order valence-electron chi connectivity index (χ3n) is 6.09. The Kier molecular flexibility index (Phi) is 4.49. The highest BCUT2D eigenvalue weighted by Crippen LogP contribution is 2.47.